The van der Waals surface area contributed by atoms with Gasteiger partial charge in [-0.15, -0.1) is 11.8 Å². The molecule has 0 aliphatic rings. The van der Waals surface area contributed by atoms with Crippen molar-refractivity contribution in [1.82, 2.24) is 0 Å². The molecule has 2 aromatic rings. The molecule has 2 rings (SSSR count). The molecule has 4 heteroatoms. The van der Waals surface area contributed by atoms with E-state index in [0.717, 1.165) is 20.6 Å². The van der Waals surface area contributed by atoms with Gasteiger partial charge in [-0.05, 0) is 55.1 Å². The van der Waals surface area contributed by atoms with Gasteiger partial charge in [-0.3, -0.25) is 4.79 Å². The molecular weight excluding hydrogens is 322 g/mol. The summed E-state index contributed by atoms with van der Waals surface area (Å²) in [5.74, 6) is -0.0890. The fraction of sp³-hybridized carbons (Fsp3) is 0.133. The van der Waals surface area contributed by atoms with Crippen molar-refractivity contribution < 1.29 is 4.79 Å². The van der Waals surface area contributed by atoms with Crippen LogP contribution in [0, 0.1) is 6.92 Å². The van der Waals surface area contributed by atoms with Crippen molar-refractivity contribution in [2.24, 2.45) is 0 Å². The Labute approximate surface area is 125 Å². The Morgan fingerprint density at radius 1 is 1.21 bits per heavy atom. The molecule has 0 saturated heterocycles. The van der Waals surface area contributed by atoms with Crippen LogP contribution in [0.1, 0.15) is 15.9 Å². The first kappa shape index (κ1) is 14.2. The lowest BCUT2D eigenvalue weighted by Crippen LogP contribution is -2.12. The van der Waals surface area contributed by atoms with Crippen LogP contribution in [0.3, 0.4) is 0 Å². The van der Waals surface area contributed by atoms with E-state index in [9.17, 15) is 4.79 Å². The van der Waals surface area contributed by atoms with Gasteiger partial charge in [0.2, 0.25) is 0 Å². The molecule has 2 aromatic carbocycles. The van der Waals surface area contributed by atoms with Gasteiger partial charge in [-0.2, -0.15) is 0 Å². The summed E-state index contributed by atoms with van der Waals surface area (Å²) in [5, 5.41) is 2.91. The largest absolute Gasteiger partial charge is 0.322 e. The van der Waals surface area contributed by atoms with E-state index in [1.165, 1.54) is 0 Å². The van der Waals surface area contributed by atoms with E-state index >= 15 is 0 Å². The number of carbonyl (C=O) groups is 1. The lowest BCUT2D eigenvalue weighted by atomic mass is 10.1. The second kappa shape index (κ2) is 6.26. The van der Waals surface area contributed by atoms with Crippen LogP contribution in [0.5, 0.6) is 0 Å². The Morgan fingerprint density at radius 3 is 2.68 bits per heavy atom. The second-order valence-electron chi connectivity index (χ2n) is 4.15. The summed E-state index contributed by atoms with van der Waals surface area (Å²) in [5.41, 5.74) is 2.53. The lowest BCUT2D eigenvalue weighted by Gasteiger charge is -2.07. The maximum Gasteiger partial charge on any atom is 0.255 e. The van der Waals surface area contributed by atoms with Crippen LogP contribution in [0.4, 0.5) is 5.69 Å². The first-order valence-electron chi connectivity index (χ1n) is 5.81. The normalized spacial score (nSPS) is 10.3. The SMILES string of the molecule is CSc1cccc(NC(=O)c2ccc(Br)c(C)c2)c1. The molecule has 0 aliphatic heterocycles. The minimum absolute atomic E-state index is 0.0890. The molecular formula is C15H14BrNOS. The lowest BCUT2D eigenvalue weighted by molar-refractivity contribution is 0.102. The third-order valence-corrected chi connectivity index (χ3v) is 4.36. The van der Waals surface area contributed by atoms with E-state index in [0.29, 0.717) is 5.56 Å². The Bertz CT molecular complexity index is 613. The molecule has 1 amide bonds. The van der Waals surface area contributed by atoms with Crippen molar-refractivity contribution >= 4 is 39.3 Å². The quantitative estimate of drug-likeness (QED) is 0.821. The maximum atomic E-state index is 12.1. The van der Waals surface area contributed by atoms with E-state index < -0.39 is 0 Å². The van der Waals surface area contributed by atoms with Gasteiger partial charge in [-0.1, -0.05) is 22.0 Å². The van der Waals surface area contributed by atoms with Gasteiger partial charge < -0.3 is 5.32 Å². The molecule has 0 aromatic heterocycles. The highest BCUT2D eigenvalue weighted by molar-refractivity contribution is 9.10. The summed E-state index contributed by atoms with van der Waals surface area (Å²) < 4.78 is 1.01. The fourth-order valence-electron chi connectivity index (χ4n) is 1.69. The van der Waals surface area contributed by atoms with Crippen molar-refractivity contribution in [2.75, 3.05) is 11.6 Å². The number of aryl methyl sites for hydroxylation is 1. The fourth-order valence-corrected chi connectivity index (χ4v) is 2.40. The molecule has 0 spiro atoms. The Balaban J connectivity index is 2.18. The number of nitrogens with one attached hydrogen (secondary N) is 1. The van der Waals surface area contributed by atoms with Crippen LogP contribution in [0.2, 0.25) is 0 Å². The van der Waals surface area contributed by atoms with Crippen LogP contribution in [0.25, 0.3) is 0 Å². The zero-order chi connectivity index (χ0) is 13.8. The molecule has 0 radical (unpaired) electrons. The van der Waals surface area contributed by atoms with Crippen LogP contribution in [-0.4, -0.2) is 12.2 Å². The van der Waals surface area contributed by atoms with E-state index in [4.69, 9.17) is 0 Å². The van der Waals surface area contributed by atoms with Gasteiger partial charge in [0.15, 0.2) is 0 Å². The number of hydrogen-bond donors (Lipinski definition) is 1. The summed E-state index contributed by atoms with van der Waals surface area (Å²) in [6.07, 6.45) is 2.01. The van der Waals surface area contributed by atoms with Crippen LogP contribution < -0.4 is 5.32 Å². The van der Waals surface area contributed by atoms with Crippen LogP contribution >= 0.6 is 27.7 Å². The van der Waals surface area contributed by atoms with Gasteiger partial charge in [0.25, 0.3) is 5.91 Å². The van der Waals surface area contributed by atoms with Crippen LogP contribution in [0.15, 0.2) is 51.8 Å². The highest BCUT2D eigenvalue weighted by atomic mass is 79.9. The predicted molar refractivity (Wildman–Crippen MR) is 85.1 cm³/mol. The number of hydrogen-bond acceptors (Lipinski definition) is 2. The Morgan fingerprint density at radius 2 is 2.00 bits per heavy atom. The minimum atomic E-state index is -0.0890. The monoisotopic (exact) mass is 335 g/mol. The first-order valence-corrected chi connectivity index (χ1v) is 7.83. The molecule has 0 saturated carbocycles. The molecule has 0 unspecified atom stereocenters. The number of rotatable bonds is 3. The molecule has 1 N–H and O–H groups in total. The molecule has 0 aliphatic carbocycles. The van der Waals surface area contributed by atoms with Crippen molar-refractivity contribution in [3.05, 3.63) is 58.1 Å². The third-order valence-electron chi connectivity index (χ3n) is 2.75. The maximum absolute atomic E-state index is 12.1. The highest BCUT2D eigenvalue weighted by Crippen LogP contribution is 2.21. The Hall–Kier alpha value is -1.26. The van der Waals surface area contributed by atoms with Crippen molar-refractivity contribution in [3.63, 3.8) is 0 Å². The topological polar surface area (TPSA) is 29.1 Å². The van der Waals surface area contributed by atoms with E-state index in [2.05, 4.69) is 21.2 Å². The first-order chi connectivity index (χ1) is 9.10. The molecule has 2 nitrogen and oxygen atoms in total. The van der Waals surface area contributed by atoms with E-state index in [-0.39, 0.29) is 5.91 Å². The number of amides is 1. The summed E-state index contributed by atoms with van der Waals surface area (Å²) in [7, 11) is 0. The number of benzene rings is 2. The average Bonchev–Trinajstić information content (AvgIpc) is 2.42. The van der Waals surface area contributed by atoms with Crippen LogP contribution in [-0.2, 0) is 0 Å². The summed E-state index contributed by atoms with van der Waals surface area (Å²) in [4.78, 5) is 13.3. The molecule has 19 heavy (non-hydrogen) atoms. The standard InChI is InChI=1S/C15H14BrNOS/c1-10-8-11(6-7-14(10)16)15(18)17-12-4-3-5-13(9-12)19-2/h3-9H,1-2H3,(H,17,18). The number of halogens is 1. The minimum Gasteiger partial charge on any atom is -0.322 e. The molecule has 0 heterocycles. The van der Waals surface area contributed by atoms with Gasteiger partial charge >= 0.3 is 0 Å². The third kappa shape index (κ3) is 3.61. The number of thioether (sulfide) groups is 1. The van der Waals surface area contributed by atoms with Crippen molar-refractivity contribution in [1.29, 1.82) is 0 Å². The molecule has 0 atom stereocenters. The Kier molecular flexibility index (Phi) is 4.66. The second-order valence-corrected chi connectivity index (χ2v) is 5.88. The number of carbonyl (C=O) groups excluding carboxylic acids is 1. The molecule has 0 fully saturated rings. The predicted octanol–water partition coefficient (Wildman–Crippen LogP) is 4.73. The smallest absolute Gasteiger partial charge is 0.255 e. The molecule has 98 valence electrons. The van der Waals surface area contributed by atoms with Gasteiger partial charge in [0, 0.05) is 20.6 Å². The average molecular weight is 336 g/mol. The number of anilines is 1. The zero-order valence-corrected chi connectivity index (χ0v) is 13.1. The van der Waals surface area contributed by atoms with Gasteiger partial charge in [0.05, 0.1) is 0 Å². The summed E-state index contributed by atoms with van der Waals surface area (Å²) in [6, 6.07) is 13.4. The zero-order valence-electron chi connectivity index (χ0n) is 10.7. The molecule has 0 bridgehead atoms. The van der Waals surface area contributed by atoms with E-state index in [1.54, 1.807) is 11.8 Å². The summed E-state index contributed by atoms with van der Waals surface area (Å²) >= 11 is 5.08. The summed E-state index contributed by atoms with van der Waals surface area (Å²) in [6.45, 7) is 1.97. The van der Waals surface area contributed by atoms with E-state index in [1.807, 2.05) is 55.6 Å². The van der Waals surface area contributed by atoms with Gasteiger partial charge in [-0.25, -0.2) is 0 Å². The highest BCUT2D eigenvalue weighted by Gasteiger charge is 2.07. The van der Waals surface area contributed by atoms with Crippen molar-refractivity contribution in [3.8, 4) is 0 Å². The van der Waals surface area contributed by atoms with Gasteiger partial charge in [0.1, 0.15) is 0 Å². The van der Waals surface area contributed by atoms with Crippen molar-refractivity contribution in [2.45, 2.75) is 11.8 Å².